The number of carboxylic acid groups (broad SMARTS) is 1. The van der Waals surface area contributed by atoms with E-state index in [1.54, 1.807) is 15.8 Å². The molecule has 3 aliphatic rings. The number of alkyl halides is 3. The van der Waals surface area contributed by atoms with E-state index in [1.165, 1.54) is 0 Å². The van der Waals surface area contributed by atoms with Gasteiger partial charge in [0.25, 0.3) is 5.91 Å². The molecule has 1 saturated heterocycles. The van der Waals surface area contributed by atoms with Crippen LogP contribution in [0.25, 0.3) is 11.3 Å². The molecule has 0 aromatic carbocycles. The summed E-state index contributed by atoms with van der Waals surface area (Å²) >= 11 is 0. The van der Waals surface area contributed by atoms with E-state index >= 15 is 0 Å². The number of nitrogens with zero attached hydrogens (tertiary/aromatic N) is 3. The number of halogens is 3. The average molecular weight is 467 g/mol. The Bertz CT molecular complexity index is 1120. The van der Waals surface area contributed by atoms with Gasteiger partial charge in [0.15, 0.2) is 0 Å². The largest absolute Gasteiger partial charge is 0.475 e. The standard InChI is InChI=1S/C22H24F3N3O5/c1-11-8-14-15(16(22(23,24)25)18(33-14)19(29)30)17-13(11)10-28(26-17)9-12-2-6-27(7-3-12)20(31)21(32)4-5-21/h10-12,32H,2-9H2,1H3,(H,29,30)/t11-/m1/s1. The zero-order valence-electron chi connectivity index (χ0n) is 18.0. The molecule has 178 valence electrons. The first kappa shape index (κ1) is 22.0. The van der Waals surface area contributed by atoms with Gasteiger partial charge in [-0.05, 0) is 37.5 Å². The summed E-state index contributed by atoms with van der Waals surface area (Å²) in [6, 6.07) is 0. The molecule has 2 fully saturated rings. The van der Waals surface area contributed by atoms with Gasteiger partial charge in [0.2, 0.25) is 5.76 Å². The van der Waals surface area contributed by atoms with Gasteiger partial charge in [-0.15, -0.1) is 0 Å². The fourth-order valence-corrected chi connectivity index (χ4v) is 4.98. The van der Waals surface area contributed by atoms with Gasteiger partial charge in [0.1, 0.15) is 16.9 Å². The number of rotatable bonds is 4. The van der Waals surface area contributed by atoms with Gasteiger partial charge in [0.05, 0.1) is 11.3 Å². The van der Waals surface area contributed by atoms with Gasteiger partial charge in [-0.2, -0.15) is 18.3 Å². The topological polar surface area (TPSA) is 109 Å². The lowest BCUT2D eigenvalue weighted by Crippen LogP contribution is -2.45. The molecule has 33 heavy (non-hydrogen) atoms. The Labute approximate surface area is 187 Å². The number of hydrogen-bond acceptors (Lipinski definition) is 5. The van der Waals surface area contributed by atoms with Crippen molar-refractivity contribution in [2.24, 2.45) is 5.92 Å². The summed E-state index contributed by atoms with van der Waals surface area (Å²) in [4.78, 5) is 25.4. The molecule has 2 aromatic heterocycles. The highest BCUT2D eigenvalue weighted by atomic mass is 19.4. The van der Waals surface area contributed by atoms with Crippen molar-refractivity contribution >= 4 is 11.9 Å². The Balaban J connectivity index is 1.38. The number of hydrogen-bond donors (Lipinski definition) is 2. The molecule has 8 nitrogen and oxygen atoms in total. The zero-order chi connectivity index (χ0) is 23.7. The van der Waals surface area contributed by atoms with Gasteiger partial charge >= 0.3 is 12.1 Å². The Kier molecular flexibility index (Phi) is 4.89. The molecule has 0 spiro atoms. The lowest BCUT2D eigenvalue weighted by Gasteiger charge is -2.33. The maximum Gasteiger partial charge on any atom is 0.421 e. The van der Waals surface area contributed by atoms with Crippen LogP contribution in [0.1, 0.15) is 66.0 Å². The number of aromatic carboxylic acids is 1. The maximum atomic E-state index is 13.8. The second-order valence-electron chi connectivity index (χ2n) is 9.43. The van der Waals surface area contributed by atoms with Crippen molar-refractivity contribution in [3.63, 3.8) is 0 Å². The van der Waals surface area contributed by atoms with Crippen molar-refractivity contribution in [3.8, 4) is 11.3 Å². The molecule has 0 radical (unpaired) electrons. The van der Waals surface area contributed by atoms with Crippen molar-refractivity contribution < 1.29 is 37.4 Å². The summed E-state index contributed by atoms with van der Waals surface area (Å²) in [6.45, 7) is 3.37. The molecule has 2 aliphatic carbocycles. The average Bonchev–Trinajstić information content (AvgIpc) is 3.17. The second-order valence-corrected chi connectivity index (χ2v) is 9.43. The smallest absolute Gasteiger partial charge is 0.421 e. The number of aromatic nitrogens is 2. The van der Waals surface area contributed by atoms with Crippen molar-refractivity contribution in [1.82, 2.24) is 14.7 Å². The van der Waals surface area contributed by atoms with Crippen LogP contribution in [-0.4, -0.2) is 55.5 Å². The van der Waals surface area contributed by atoms with Gasteiger partial charge in [-0.1, -0.05) is 6.92 Å². The fraction of sp³-hybridized carbons (Fsp3) is 0.591. The van der Waals surface area contributed by atoms with Crippen LogP contribution < -0.4 is 0 Å². The monoisotopic (exact) mass is 467 g/mol. The number of carboxylic acids is 1. The highest BCUT2D eigenvalue weighted by molar-refractivity contribution is 5.91. The summed E-state index contributed by atoms with van der Waals surface area (Å²) in [5, 5.41) is 23.7. The van der Waals surface area contributed by atoms with E-state index in [0.717, 1.165) is 0 Å². The van der Waals surface area contributed by atoms with Crippen molar-refractivity contribution in [3.05, 3.63) is 28.8 Å². The molecule has 2 N–H and O–H groups in total. The third-order valence-electron chi connectivity index (χ3n) is 6.98. The minimum atomic E-state index is -4.89. The van der Waals surface area contributed by atoms with Crippen molar-refractivity contribution in [2.45, 2.75) is 63.3 Å². The second kappa shape index (κ2) is 7.34. The van der Waals surface area contributed by atoms with Crippen molar-refractivity contribution in [1.29, 1.82) is 0 Å². The molecule has 1 atom stereocenters. The van der Waals surface area contributed by atoms with Crippen molar-refractivity contribution in [2.75, 3.05) is 13.1 Å². The van der Waals surface area contributed by atoms with Gasteiger partial charge < -0.3 is 19.5 Å². The van der Waals surface area contributed by atoms with Gasteiger partial charge in [-0.25, -0.2) is 4.79 Å². The molecular formula is C22H24F3N3O5. The molecule has 0 unspecified atom stereocenters. The first-order valence-electron chi connectivity index (χ1n) is 11.0. The zero-order valence-corrected chi connectivity index (χ0v) is 18.0. The fourth-order valence-electron chi connectivity index (χ4n) is 4.98. The van der Waals surface area contributed by atoms with E-state index in [-0.39, 0.29) is 41.2 Å². The Hall–Kier alpha value is -2.82. The number of piperidine rings is 1. The predicted octanol–water partition coefficient (Wildman–Crippen LogP) is 3.28. The van der Waals surface area contributed by atoms with Crippen LogP contribution in [0.5, 0.6) is 0 Å². The minimum Gasteiger partial charge on any atom is -0.475 e. The van der Waals surface area contributed by atoms with Crippen LogP contribution in [0.4, 0.5) is 13.2 Å². The quantitative estimate of drug-likeness (QED) is 0.715. The number of amides is 1. The summed E-state index contributed by atoms with van der Waals surface area (Å²) in [5.41, 5.74) is -1.99. The van der Waals surface area contributed by atoms with Gasteiger partial charge in [-0.3, -0.25) is 9.48 Å². The van der Waals surface area contributed by atoms with Crippen LogP contribution in [0, 0.1) is 5.92 Å². The first-order chi connectivity index (χ1) is 15.5. The van der Waals surface area contributed by atoms with Gasteiger partial charge in [0, 0.05) is 37.8 Å². The number of carbonyl (C=O) groups excluding carboxylic acids is 1. The highest BCUT2D eigenvalue weighted by Crippen LogP contribution is 2.48. The lowest BCUT2D eigenvalue weighted by molar-refractivity contribution is -0.144. The predicted molar refractivity (Wildman–Crippen MR) is 107 cm³/mol. The number of furan rings is 1. The molecule has 5 rings (SSSR count). The summed E-state index contributed by atoms with van der Waals surface area (Å²) < 4.78 is 48.1. The molecule has 11 heteroatoms. The molecule has 1 aliphatic heterocycles. The molecule has 1 amide bonds. The van der Waals surface area contributed by atoms with Crippen LogP contribution in [0.2, 0.25) is 0 Å². The lowest BCUT2D eigenvalue weighted by atomic mass is 9.86. The van der Waals surface area contributed by atoms with Crippen LogP contribution in [-0.2, 0) is 23.9 Å². The van der Waals surface area contributed by atoms with E-state index in [4.69, 9.17) is 4.42 Å². The number of aliphatic hydroxyl groups is 1. The number of fused-ring (bicyclic) bond motifs is 3. The third kappa shape index (κ3) is 3.71. The van der Waals surface area contributed by atoms with E-state index in [2.05, 4.69) is 5.10 Å². The van der Waals surface area contributed by atoms with Crippen LogP contribution in [0.3, 0.4) is 0 Å². The van der Waals surface area contributed by atoms with Crippen LogP contribution in [0.15, 0.2) is 10.6 Å². The number of carbonyl (C=O) groups is 2. The summed E-state index contributed by atoms with van der Waals surface area (Å²) in [5.74, 6) is -3.08. The summed E-state index contributed by atoms with van der Waals surface area (Å²) in [6.07, 6.45) is -0.581. The molecule has 1 saturated carbocycles. The van der Waals surface area contributed by atoms with Crippen LogP contribution >= 0.6 is 0 Å². The molecular weight excluding hydrogens is 443 g/mol. The molecule has 2 aromatic rings. The maximum absolute atomic E-state index is 13.8. The van der Waals surface area contributed by atoms with E-state index in [1.807, 2.05) is 6.92 Å². The Morgan fingerprint density at radius 2 is 1.94 bits per heavy atom. The normalized spacial score (nSPS) is 22.1. The molecule has 3 heterocycles. The van der Waals surface area contributed by atoms with E-state index in [9.17, 15) is 33.0 Å². The number of likely N-dealkylation sites (tertiary alicyclic amines) is 1. The van der Waals surface area contributed by atoms with E-state index < -0.39 is 29.1 Å². The Morgan fingerprint density at radius 1 is 1.27 bits per heavy atom. The Morgan fingerprint density at radius 3 is 2.52 bits per heavy atom. The summed E-state index contributed by atoms with van der Waals surface area (Å²) in [7, 11) is 0. The SMILES string of the molecule is C[C@@H]1Cc2oc(C(=O)O)c(C(F)(F)F)c2-c2nn(CC3CCN(C(=O)C4(O)CC4)CC3)cc21. The highest BCUT2D eigenvalue weighted by Gasteiger charge is 2.50. The third-order valence-corrected chi connectivity index (χ3v) is 6.98. The first-order valence-corrected chi connectivity index (χ1v) is 11.0. The van der Waals surface area contributed by atoms with E-state index in [0.29, 0.717) is 50.9 Å². The molecule has 0 bridgehead atoms. The minimum absolute atomic E-state index is 0.00481.